The molecule has 1 saturated carbocycles. The molecule has 78 valence electrons. The van der Waals surface area contributed by atoms with Crippen LogP contribution in [-0.2, 0) is 5.54 Å². The van der Waals surface area contributed by atoms with Crippen molar-refractivity contribution < 1.29 is 0 Å². The Morgan fingerprint density at radius 2 is 2.29 bits per heavy atom. The molecule has 0 amide bonds. The van der Waals surface area contributed by atoms with E-state index in [9.17, 15) is 0 Å². The molecule has 2 rings (SSSR count). The first-order chi connectivity index (χ1) is 6.87. The summed E-state index contributed by atoms with van der Waals surface area (Å²) >= 11 is 1.80. The largest absolute Gasteiger partial charge is 0.305 e. The average Bonchev–Trinajstić information content (AvgIpc) is 2.86. The summed E-state index contributed by atoms with van der Waals surface area (Å²) in [7, 11) is 0. The molecule has 1 fully saturated rings. The van der Waals surface area contributed by atoms with Crippen molar-refractivity contribution in [3.8, 4) is 0 Å². The summed E-state index contributed by atoms with van der Waals surface area (Å²) in [5.41, 5.74) is 0.226. The zero-order chi connectivity index (χ0) is 9.86. The normalized spacial score (nSPS) is 20.1. The molecule has 1 aromatic rings. The molecule has 2 nitrogen and oxygen atoms in total. The van der Waals surface area contributed by atoms with Gasteiger partial charge in [0.1, 0.15) is 5.01 Å². The van der Waals surface area contributed by atoms with Crippen molar-refractivity contribution in [2.24, 2.45) is 0 Å². The fourth-order valence-corrected chi connectivity index (χ4v) is 3.14. The Labute approximate surface area is 89.8 Å². The minimum Gasteiger partial charge on any atom is -0.305 e. The molecule has 0 aliphatic heterocycles. The van der Waals surface area contributed by atoms with Gasteiger partial charge in [0.25, 0.3) is 0 Å². The molecule has 0 bridgehead atoms. The minimum absolute atomic E-state index is 0.226. The van der Waals surface area contributed by atoms with Crippen LogP contribution in [0.5, 0.6) is 0 Å². The highest BCUT2D eigenvalue weighted by Gasteiger charge is 2.36. The van der Waals surface area contributed by atoms with Crippen LogP contribution >= 0.6 is 11.3 Å². The number of nitrogens with one attached hydrogen (secondary N) is 1. The van der Waals surface area contributed by atoms with Crippen LogP contribution in [0.4, 0.5) is 0 Å². The quantitative estimate of drug-likeness (QED) is 0.826. The highest BCUT2D eigenvalue weighted by Crippen LogP contribution is 2.39. The van der Waals surface area contributed by atoms with Crippen molar-refractivity contribution in [3.05, 3.63) is 16.6 Å². The minimum atomic E-state index is 0.226. The van der Waals surface area contributed by atoms with Gasteiger partial charge in [-0.15, -0.1) is 11.3 Å². The standard InChI is InChI=1S/C11H18N2S/c1-2-7-13-11(5-3-4-6-11)10-12-8-9-14-10/h8-9,13H,2-7H2,1H3. The summed E-state index contributed by atoms with van der Waals surface area (Å²) in [6, 6.07) is 0. The molecule has 1 aliphatic rings. The Kier molecular flexibility index (Phi) is 3.19. The Morgan fingerprint density at radius 3 is 2.86 bits per heavy atom. The third kappa shape index (κ3) is 1.84. The van der Waals surface area contributed by atoms with Crippen molar-refractivity contribution in [3.63, 3.8) is 0 Å². The maximum Gasteiger partial charge on any atom is 0.113 e. The van der Waals surface area contributed by atoms with E-state index in [0.717, 1.165) is 6.54 Å². The SMILES string of the molecule is CCCNC1(c2nccs2)CCCC1. The molecule has 1 N–H and O–H groups in total. The molecule has 1 aliphatic carbocycles. The molecule has 0 radical (unpaired) electrons. The molecule has 0 unspecified atom stereocenters. The predicted octanol–water partition coefficient (Wildman–Crippen LogP) is 2.91. The van der Waals surface area contributed by atoms with Crippen molar-refractivity contribution in [2.75, 3.05) is 6.54 Å². The second-order valence-corrected chi connectivity index (χ2v) is 4.95. The number of rotatable bonds is 4. The fourth-order valence-electron chi connectivity index (χ4n) is 2.27. The second-order valence-electron chi connectivity index (χ2n) is 4.05. The van der Waals surface area contributed by atoms with E-state index in [-0.39, 0.29) is 5.54 Å². The van der Waals surface area contributed by atoms with Gasteiger partial charge in [-0.05, 0) is 25.8 Å². The highest BCUT2D eigenvalue weighted by molar-refractivity contribution is 7.09. The van der Waals surface area contributed by atoms with Crippen molar-refractivity contribution in [2.45, 2.75) is 44.6 Å². The van der Waals surface area contributed by atoms with Gasteiger partial charge < -0.3 is 5.32 Å². The van der Waals surface area contributed by atoms with Crippen LogP contribution in [-0.4, -0.2) is 11.5 Å². The molecule has 0 spiro atoms. The van der Waals surface area contributed by atoms with Gasteiger partial charge in [-0.25, -0.2) is 4.98 Å². The fraction of sp³-hybridized carbons (Fsp3) is 0.727. The van der Waals surface area contributed by atoms with Crippen LogP contribution in [0, 0.1) is 0 Å². The number of hydrogen-bond acceptors (Lipinski definition) is 3. The van der Waals surface area contributed by atoms with E-state index in [1.165, 1.54) is 37.1 Å². The topological polar surface area (TPSA) is 24.9 Å². The first-order valence-corrected chi connectivity index (χ1v) is 6.40. The molecule has 14 heavy (non-hydrogen) atoms. The summed E-state index contributed by atoms with van der Waals surface area (Å²) in [5, 5.41) is 7.08. The number of thiazole rings is 1. The van der Waals surface area contributed by atoms with E-state index in [2.05, 4.69) is 22.6 Å². The van der Waals surface area contributed by atoms with Crippen LogP contribution in [0.1, 0.15) is 44.0 Å². The summed E-state index contributed by atoms with van der Waals surface area (Å²) in [6.45, 7) is 3.33. The Morgan fingerprint density at radius 1 is 1.50 bits per heavy atom. The van der Waals surface area contributed by atoms with E-state index in [1.54, 1.807) is 11.3 Å². The smallest absolute Gasteiger partial charge is 0.113 e. The van der Waals surface area contributed by atoms with E-state index < -0.39 is 0 Å². The molecule has 0 aromatic carbocycles. The van der Waals surface area contributed by atoms with Gasteiger partial charge in [0.05, 0.1) is 5.54 Å². The van der Waals surface area contributed by atoms with Crippen LogP contribution in [0.15, 0.2) is 11.6 Å². The zero-order valence-electron chi connectivity index (χ0n) is 8.75. The van der Waals surface area contributed by atoms with Gasteiger partial charge >= 0.3 is 0 Å². The maximum atomic E-state index is 4.48. The zero-order valence-corrected chi connectivity index (χ0v) is 9.57. The van der Waals surface area contributed by atoms with Crippen molar-refractivity contribution in [1.29, 1.82) is 0 Å². The molecule has 1 aromatic heterocycles. The lowest BCUT2D eigenvalue weighted by molar-refractivity contribution is 0.341. The van der Waals surface area contributed by atoms with Crippen LogP contribution in [0.25, 0.3) is 0 Å². The van der Waals surface area contributed by atoms with Crippen LogP contribution in [0.2, 0.25) is 0 Å². The average molecular weight is 210 g/mol. The van der Waals surface area contributed by atoms with Gasteiger partial charge in [-0.3, -0.25) is 0 Å². The Balaban J connectivity index is 2.14. The lowest BCUT2D eigenvalue weighted by Crippen LogP contribution is -2.40. The highest BCUT2D eigenvalue weighted by atomic mass is 32.1. The lowest BCUT2D eigenvalue weighted by Gasteiger charge is -2.28. The van der Waals surface area contributed by atoms with Crippen molar-refractivity contribution >= 4 is 11.3 Å². The Bertz CT molecular complexity index is 263. The van der Waals surface area contributed by atoms with Crippen molar-refractivity contribution in [1.82, 2.24) is 10.3 Å². The van der Waals surface area contributed by atoms with Crippen LogP contribution < -0.4 is 5.32 Å². The first-order valence-electron chi connectivity index (χ1n) is 5.52. The third-order valence-electron chi connectivity index (χ3n) is 3.01. The summed E-state index contributed by atoms with van der Waals surface area (Å²) in [5.74, 6) is 0. The monoisotopic (exact) mass is 210 g/mol. The maximum absolute atomic E-state index is 4.48. The summed E-state index contributed by atoms with van der Waals surface area (Å²) in [4.78, 5) is 4.48. The number of nitrogens with zero attached hydrogens (tertiary/aromatic N) is 1. The third-order valence-corrected chi connectivity index (χ3v) is 3.99. The van der Waals surface area contributed by atoms with Gasteiger partial charge in [-0.2, -0.15) is 0 Å². The number of hydrogen-bond donors (Lipinski definition) is 1. The van der Waals surface area contributed by atoms with Gasteiger partial charge in [0, 0.05) is 11.6 Å². The molecular weight excluding hydrogens is 192 g/mol. The van der Waals surface area contributed by atoms with E-state index in [1.807, 2.05) is 6.20 Å². The number of aromatic nitrogens is 1. The van der Waals surface area contributed by atoms with Crippen LogP contribution in [0.3, 0.4) is 0 Å². The van der Waals surface area contributed by atoms with E-state index >= 15 is 0 Å². The molecule has 0 atom stereocenters. The molecule has 1 heterocycles. The Hall–Kier alpha value is -0.410. The lowest BCUT2D eigenvalue weighted by atomic mass is 9.98. The van der Waals surface area contributed by atoms with Gasteiger partial charge in [0.15, 0.2) is 0 Å². The molecular formula is C11H18N2S. The van der Waals surface area contributed by atoms with Gasteiger partial charge in [0.2, 0.25) is 0 Å². The van der Waals surface area contributed by atoms with E-state index in [0.29, 0.717) is 0 Å². The summed E-state index contributed by atoms with van der Waals surface area (Å²) < 4.78 is 0. The molecule has 0 saturated heterocycles. The van der Waals surface area contributed by atoms with E-state index in [4.69, 9.17) is 0 Å². The molecule has 3 heteroatoms. The predicted molar refractivity (Wildman–Crippen MR) is 60.6 cm³/mol. The second kappa shape index (κ2) is 4.41. The van der Waals surface area contributed by atoms with Gasteiger partial charge in [-0.1, -0.05) is 19.8 Å². The first kappa shape index (κ1) is 10.1. The summed E-state index contributed by atoms with van der Waals surface area (Å²) in [6.07, 6.45) is 8.34.